The third-order valence-electron chi connectivity index (χ3n) is 4.45. The van der Waals surface area contributed by atoms with Gasteiger partial charge in [0.25, 0.3) is 11.8 Å². The van der Waals surface area contributed by atoms with Crippen molar-refractivity contribution < 1.29 is 19.1 Å². The van der Waals surface area contributed by atoms with E-state index in [9.17, 15) is 14.4 Å². The van der Waals surface area contributed by atoms with Crippen LogP contribution in [0.1, 0.15) is 20.8 Å². The molecular formula is C19H21N3O5. The third kappa shape index (κ3) is 3.94. The van der Waals surface area contributed by atoms with E-state index in [1.54, 1.807) is 47.0 Å². The van der Waals surface area contributed by atoms with E-state index in [0.29, 0.717) is 43.2 Å². The van der Waals surface area contributed by atoms with Crippen molar-refractivity contribution in [2.24, 2.45) is 0 Å². The summed E-state index contributed by atoms with van der Waals surface area (Å²) in [6.07, 6.45) is 1.55. The van der Waals surface area contributed by atoms with E-state index in [1.807, 2.05) is 0 Å². The number of pyridine rings is 1. The zero-order chi connectivity index (χ0) is 19.4. The average Bonchev–Trinajstić information content (AvgIpc) is 2.69. The maximum absolute atomic E-state index is 12.6. The highest BCUT2D eigenvalue weighted by Crippen LogP contribution is 2.14. The van der Waals surface area contributed by atoms with Crippen LogP contribution in [0.2, 0.25) is 0 Å². The van der Waals surface area contributed by atoms with Crippen LogP contribution in [0.5, 0.6) is 11.5 Å². The van der Waals surface area contributed by atoms with E-state index in [-0.39, 0.29) is 23.0 Å². The van der Waals surface area contributed by atoms with Crippen LogP contribution < -0.4 is 20.2 Å². The number of aromatic nitrogens is 1. The van der Waals surface area contributed by atoms with E-state index < -0.39 is 0 Å². The lowest BCUT2D eigenvalue weighted by Gasteiger charge is -2.30. The molecule has 1 aromatic heterocycles. The summed E-state index contributed by atoms with van der Waals surface area (Å²) < 4.78 is 11.8. The molecular weight excluding hydrogens is 350 g/mol. The van der Waals surface area contributed by atoms with Crippen molar-refractivity contribution in [2.75, 3.05) is 33.9 Å². The van der Waals surface area contributed by atoms with Crippen LogP contribution >= 0.6 is 0 Å². The molecule has 3 rings (SSSR count). The van der Waals surface area contributed by atoms with Gasteiger partial charge >= 0.3 is 0 Å². The lowest BCUT2D eigenvalue weighted by molar-refractivity contribution is 0.0696. The first-order valence-electron chi connectivity index (χ1n) is 8.53. The molecule has 0 unspecified atom stereocenters. The summed E-state index contributed by atoms with van der Waals surface area (Å²) in [6.45, 7) is 1.73. The standard InChI is InChI=1S/C19H21N3O5/c1-26-14-5-3-13(4-6-14)18(24)20-7-8-21-9-10-22-12-17(27-2)16(23)11-15(22)19(21)25/h3-6,11-12H,7-10H2,1-2H3,(H,20,24). The summed E-state index contributed by atoms with van der Waals surface area (Å²) in [6, 6.07) is 8.08. The number of methoxy groups -OCH3 is 2. The predicted molar refractivity (Wildman–Crippen MR) is 98.5 cm³/mol. The Bertz CT molecular complexity index is 905. The number of amides is 2. The highest BCUT2D eigenvalue weighted by molar-refractivity contribution is 5.95. The molecule has 2 heterocycles. The second kappa shape index (κ2) is 7.94. The number of benzene rings is 1. The zero-order valence-corrected chi connectivity index (χ0v) is 15.2. The molecule has 1 aliphatic heterocycles. The van der Waals surface area contributed by atoms with E-state index in [0.717, 1.165) is 0 Å². The SMILES string of the molecule is COc1ccc(C(=O)NCCN2CCn3cc(OC)c(=O)cc3C2=O)cc1. The molecule has 2 amide bonds. The molecule has 8 heteroatoms. The molecule has 0 aliphatic carbocycles. The molecule has 0 radical (unpaired) electrons. The number of fused-ring (bicyclic) bond motifs is 1. The highest BCUT2D eigenvalue weighted by Gasteiger charge is 2.25. The van der Waals surface area contributed by atoms with Gasteiger partial charge in [-0.1, -0.05) is 0 Å². The summed E-state index contributed by atoms with van der Waals surface area (Å²) in [4.78, 5) is 38.3. The number of hydrogen-bond donors (Lipinski definition) is 1. The summed E-state index contributed by atoms with van der Waals surface area (Å²) >= 11 is 0. The zero-order valence-electron chi connectivity index (χ0n) is 15.2. The highest BCUT2D eigenvalue weighted by atomic mass is 16.5. The van der Waals surface area contributed by atoms with Crippen LogP contribution in [0.25, 0.3) is 0 Å². The molecule has 8 nitrogen and oxygen atoms in total. The van der Waals surface area contributed by atoms with Crippen molar-refractivity contribution in [3.8, 4) is 11.5 Å². The third-order valence-corrected chi connectivity index (χ3v) is 4.45. The van der Waals surface area contributed by atoms with Crippen molar-refractivity contribution in [1.29, 1.82) is 0 Å². The normalized spacial score (nSPS) is 13.1. The van der Waals surface area contributed by atoms with Gasteiger partial charge in [0, 0.05) is 37.8 Å². The minimum Gasteiger partial charge on any atom is -0.497 e. The van der Waals surface area contributed by atoms with Gasteiger partial charge in [0.2, 0.25) is 5.43 Å². The van der Waals surface area contributed by atoms with Gasteiger partial charge in [-0.15, -0.1) is 0 Å². The fourth-order valence-electron chi connectivity index (χ4n) is 2.93. The number of hydrogen-bond acceptors (Lipinski definition) is 5. The number of rotatable bonds is 6. The van der Waals surface area contributed by atoms with Gasteiger partial charge in [-0.05, 0) is 24.3 Å². The summed E-state index contributed by atoms with van der Waals surface area (Å²) in [5.41, 5.74) is 0.519. The van der Waals surface area contributed by atoms with Crippen LogP contribution in [-0.2, 0) is 6.54 Å². The van der Waals surface area contributed by atoms with Gasteiger partial charge in [-0.2, -0.15) is 0 Å². The lowest BCUT2D eigenvalue weighted by Crippen LogP contribution is -2.45. The summed E-state index contributed by atoms with van der Waals surface area (Å²) in [5, 5.41) is 2.80. The first kappa shape index (κ1) is 18.5. The van der Waals surface area contributed by atoms with Crippen LogP contribution in [0.3, 0.4) is 0 Å². The molecule has 142 valence electrons. The summed E-state index contributed by atoms with van der Waals surface area (Å²) in [7, 11) is 2.99. The average molecular weight is 371 g/mol. The van der Waals surface area contributed by atoms with Crippen molar-refractivity contribution in [3.05, 3.63) is 58.0 Å². The van der Waals surface area contributed by atoms with Crippen molar-refractivity contribution in [1.82, 2.24) is 14.8 Å². The number of ether oxygens (including phenoxy) is 2. The Labute approximate surface area is 156 Å². The van der Waals surface area contributed by atoms with Gasteiger partial charge in [0.15, 0.2) is 5.75 Å². The molecule has 1 N–H and O–H groups in total. The molecule has 0 saturated heterocycles. The number of nitrogens with one attached hydrogen (secondary N) is 1. The van der Waals surface area contributed by atoms with Gasteiger partial charge in [0.1, 0.15) is 11.4 Å². The van der Waals surface area contributed by atoms with E-state index >= 15 is 0 Å². The van der Waals surface area contributed by atoms with Crippen LogP contribution in [0.15, 0.2) is 41.3 Å². The minimum atomic E-state index is -0.327. The predicted octanol–water partition coefficient (Wildman–Crippen LogP) is 0.751. The maximum Gasteiger partial charge on any atom is 0.270 e. The van der Waals surface area contributed by atoms with Crippen LogP contribution in [0, 0.1) is 0 Å². The van der Waals surface area contributed by atoms with E-state index in [1.165, 1.54) is 13.2 Å². The fourth-order valence-corrected chi connectivity index (χ4v) is 2.93. The van der Waals surface area contributed by atoms with Crippen molar-refractivity contribution >= 4 is 11.8 Å². The van der Waals surface area contributed by atoms with E-state index in [2.05, 4.69) is 5.32 Å². The van der Waals surface area contributed by atoms with Gasteiger partial charge in [-0.25, -0.2) is 0 Å². The minimum absolute atomic E-state index is 0.215. The Morgan fingerprint density at radius 2 is 1.85 bits per heavy atom. The summed E-state index contributed by atoms with van der Waals surface area (Å²) in [5.74, 6) is 0.436. The Hall–Kier alpha value is -3.29. The first-order chi connectivity index (χ1) is 13.0. The van der Waals surface area contributed by atoms with Gasteiger partial charge in [0.05, 0.1) is 20.4 Å². The number of carbonyl (C=O) groups is 2. The molecule has 0 fully saturated rings. The topological polar surface area (TPSA) is 89.9 Å². The number of nitrogens with zero attached hydrogens (tertiary/aromatic N) is 2. The van der Waals surface area contributed by atoms with Crippen LogP contribution in [0.4, 0.5) is 0 Å². The second-order valence-electron chi connectivity index (χ2n) is 6.06. The number of carbonyl (C=O) groups excluding carboxylic acids is 2. The van der Waals surface area contributed by atoms with Gasteiger partial charge < -0.3 is 24.3 Å². The molecule has 0 atom stereocenters. The van der Waals surface area contributed by atoms with Gasteiger partial charge in [-0.3, -0.25) is 14.4 Å². The molecule has 1 aliphatic rings. The lowest BCUT2D eigenvalue weighted by atomic mass is 10.2. The largest absolute Gasteiger partial charge is 0.497 e. The Morgan fingerprint density at radius 3 is 2.52 bits per heavy atom. The fraction of sp³-hybridized carbons (Fsp3) is 0.316. The Balaban J connectivity index is 1.59. The quantitative estimate of drug-likeness (QED) is 0.809. The smallest absolute Gasteiger partial charge is 0.270 e. The monoisotopic (exact) mass is 371 g/mol. The van der Waals surface area contributed by atoms with Crippen molar-refractivity contribution in [3.63, 3.8) is 0 Å². The molecule has 27 heavy (non-hydrogen) atoms. The second-order valence-corrected chi connectivity index (χ2v) is 6.06. The Morgan fingerprint density at radius 1 is 1.11 bits per heavy atom. The molecule has 2 aromatic rings. The maximum atomic E-state index is 12.6. The molecule has 0 bridgehead atoms. The first-order valence-corrected chi connectivity index (χ1v) is 8.53. The van der Waals surface area contributed by atoms with E-state index in [4.69, 9.17) is 9.47 Å². The Kier molecular flexibility index (Phi) is 5.44. The van der Waals surface area contributed by atoms with Crippen LogP contribution in [-0.4, -0.2) is 55.1 Å². The van der Waals surface area contributed by atoms with Crippen molar-refractivity contribution in [2.45, 2.75) is 6.54 Å². The molecule has 0 spiro atoms. The molecule has 0 saturated carbocycles. The molecule has 1 aromatic carbocycles.